The van der Waals surface area contributed by atoms with Crippen LogP contribution in [0, 0.1) is 5.92 Å². The molecule has 1 aliphatic rings. The topological polar surface area (TPSA) is 25.4 Å². The summed E-state index contributed by atoms with van der Waals surface area (Å²) in [6.45, 7) is 4.62. The van der Waals surface area contributed by atoms with Crippen molar-refractivity contribution in [2.24, 2.45) is 5.92 Å². The third kappa shape index (κ3) is 3.52. The van der Waals surface area contributed by atoms with Crippen molar-refractivity contribution in [3.05, 3.63) is 48.7 Å². The van der Waals surface area contributed by atoms with Crippen molar-refractivity contribution in [1.29, 1.82) is 0 Å². The smallest absolute Gasteiger partial charge is 0.219 e. The van der Waals surface area contributed by atoms with E-state index in [1.165, 1.54) is 11.3 Å². The summed E-state index contributed by atoms with van der Waals surface area (Å²) in [6, 6.07) is 13.7. The van der Waals surface area contributed by atoms with E-state index in [9.17, 15) is 0 Å². The van der Waals surface area contributed by atoms with E-state index in [1.54, 1.807) is 11.9 Å². The number of pyridine rings is 1. The summed E-state index contributed by atoms with van der Waals surface area (Å²) in [5, 5.41) is 0. The van der Waals surface area contributed by atoms with Gasteiger partial charge in [0.1, 0.15) is 5.75 Å². The van der Waals surface area contributed by atoms with Crippen molar-refractivity contribution in [2.75, 3.05) is 13.1 Å². The molecule has 0 unspecified atom stereocenters. The van der Waals surface area contributed by atoms with Gasteiger partial charge in [-0.3, -0.25) is 0 Å². The van der Waals surface area contributed by atoms with Gasteiger partial charge in [0.2, 0.25) is 5.88 Å². The van der Waals surface area contributed by atoms with Gasteiger partial charge in [-0.15, -0.1) is 0 Å². The van der Waals surface area contributed by atoms with Gasteiger partial charge < -0.3 is 4.74 Å². The van der Waals surface area contributed by atoms with E-state index in [-0.39, 0.29) is 0 Å². The number of para-hydroxylation sites is 1. The van der Waals surface area contributed by atoms with E-state index in [0.29, 0.717) is 5.88 Å². The third-order valence-corrected chi connectivity index (χ3v) is 4.34. The molecule has 104 valence electrons. The van der Waals surface area contributed by atoms with Crippen LogP contribution in [-0.4, -0.2) is 22.4 Å². The SMILES string of the molecule is C[C@H]1CCN(Sc2ccc(Oc3ccccc3)nc2)C1. The second kappa shape index (κ2) is 6.29. The van der Waals surface area contributed by atoms with Gasteiger partial charge >= 0.3 is 0 Å². The van der Waals surface area contributed by atoms with E-state index in [0.717, 1.165) is 24.8 Å². The van der Waals surface area contributed by atoms with E-state index in [1.807, 2.05) is 42.6 Å². The molecule has 0 bridgehead atoms. The van der Waals surface area contributed by atoms with E-state index >= 15 is 0 Å². The average molecular weight is 286 g/mol. The van der Waals surface area contributed by atoms with Crippen LogP contribution in [0.15, 0.2) is 53.6 Å². The molecule has 1 fully saturated rings. The number of aromatic nitrogens is 1. The molecule has 0 spiro atoms. The molecule has 0 saturated carbocycles. The molecule has 4 heteroatoms. The second-order valence-corrected chi connectivity index (χ2v) is 6.29. The number of benzene rings is 1. The van der Waals surface area contributed by atoms with Gasteiger partial charge in [0.15, 0.2) is 0 Å². The van der Waals surface area contributed by atoms with Gasteiger partial charge in [-0.05, 0) is 42.5 Å². The van der Waals surface area contributed by atoms with Gasteiger partial charge in [0.05, 0.1) is 0 Å². The summed E-state index contributed by atoms with van der Waals surface area (Å²) < 4.78 is 8.09. The summed E-state index contributed by atoms with van der Waals surface area (Å²) >= 11 is 1.79. The van der Waals surface area contributed by atoms with Gasteiger partial charge in [-0.25, -0.2) is 9.29 Å². The fourth-order valence-electron chi connectivity index (χ4n) is 2.22. The fourth-order valence-corrected chi connectivity index (χ4v) is 3.27. The highest BCUT2D eigenvalue weighted by Gasteiger charge is 2.19. The minimum atomic E-state index is 0.635. The number of hydrogen-bond acceptors (Lipinski definition) is 4. The largest absolute Gasteiger partial charge is 0.439 e. The number of ether oxygens (including phenoxy) is 1. The predicted molar refractivity (Wildman–Crippen MR) is 82.0 cm³/mol. The maximum atomic E-state index is 5.69. The molecular formula is C16H18N2OS. The molecule has 0 amide bonds. The van der Waals surface area contributed by atoms with Crippen LogP contribution in [0.25, 0.3) is 0 Å². The molecule has 20 heavy (non-hydrogen) atoms. The first kappa shape index (κ1) is 13.5. The van der Waals surface area contributed by atoms with Crippen molar-refractivity contribution in [3.63, 3.8) is 0 Å². The van der Waals surface area contributed by atoms with Gasteiger partial charge in [-0.2, -0.15) is 0 Å². The Kier molecular flexibility index (Phi) is 4.23. The van der Waals surface area contributed by atoms with Crippen molar-refractivity contribution in [3.8, 4) is 11.6 Å². The van der Waals surface area contributed by atoms with Crippen LogP contribution in [0.4, 0.5) is 0 Å². The Labute approximate surface area is 124 Å². The van der Waals surface area contributed by atoms with Crippen molar-refractivity contribution >= 4 is 11.9 Å². The van der Waals surface area contributed by atoms with Gasteiger partial charge in [-0.1, -0.05) is 25.1 Å². The molecule has 1 saturated heterocycles. The fraction of sp³-hybridized carbons (Fsp3) is 0.312. The molecule has 1 aromatic carbocycles. The second-order valence-electron chi connectivity index (χ2n) is 5.12. The number of nitrogens with zero attached hydrogens (tertiary/aromatic N) is 2. The first-order valence-corrected chi connectivity index (χ1v) is 7.69. The van der Waals surface area contributed by atoms with Crippen LogP contribution in [0.3, 0.4) is 0 Å². The highest BCUT2D eigenvalue weighted by atomic mass is 32.2. The summed E-state index contributed by atoms with van der Waals surface area (Å²) in [6.07, 6.45) is 3.17. The minimum absolute atomic E-state index is 0.635. The highest BCUT2D eigenvalue weighted by molar-refractivity contribution is 7.97. The molecular weight excluding hydrogens is 268 g/mol. The Balaban J connectivity index is 1.60. The lowest BCUT2D eigenvalue weighted by atomic mass is 10.2. The molecule has 1 aromatic heterocycles. The maximum absolute atomic E-state index is 5.69. The molecule has 0 N–H and O–H groups in total. The molecule has 2 aromatic rings. The van der Waals surface area contributed by atoms with Gasteiger partial charge in [0.25, 0.3) is 0 Å². The molecule has 1 aliphatic heterocycles. The van der Waals surface area contributed by atoms with Crippen molar-refractivity contribution in [2.45, 2.75) is 18.2 Å². The van der Waals surface area contributed by atoms with Crippen molar-refractivity contribution in [1.82, 2.24) is 9.29 Å². The Bertz CT molecular complexity index is 544. The zero-order valence-electron chi connectivity index (χ0n) is 11.5. The lowest BCUT2D eigenvalue weighted by Crippen LogP contribution is -2.10. The quantitative estimate of drug-likeness (QED) is 0.786. The lowest BCUT2D eigenvalue weighted by molar-refractivity contribution is 0.462. The summed E-state index contributed by atoms with van der Waals surface area (Å²) in [5.41, 5.74) is 0. The third-order valence-electron chi connectivity index (χ3n) is 3.30. The summed E-state index contributed by atoms with van der Waals surface area (Å²) in [7, 11) is 0. The van der Waals surface area contributed by atoms with Gasteiger partial charge in [0, 0.05) is 30.2 Å². The molecule has 0 aliphatic carbocycles. The van der Waals surface area contributed by atoms with Crippen LogP contribution >= 0.6 is 11.9 Å². The summed E-state index contributed by atoms with van der Waals surface area (Å²) in [5.74, 6) is 2.25. The zero-order chi connectivity index (χ0) is 13.8. The average Bonchev–Trinajstić information content (AvgIpc) is 2.88. The Morgan fingerprint density at radius 3 is 2.70 bits per heavy atom. The van der Waals surface area contributed by atoms with Crippen LogP contribution < -0.4 is 4.74 Å². The molecule has 3 rings (SSSR count). The Morgan fingerprint density at radius 2 is 2.05 bits per heavy atom. The maximum Gasteiger partial charge on any atom is 0.219 e. The van der Waals surface area contributed by atoms with Crippen LogP contribution in [0.5, 0.6) is 11.6 Å². The van der Waals surface area contributed by atoms with E-state index in [4.69, 9.17) is 4.74 Å². The van der Waals surface area contributed by atoms with E-state index < -0.39 is 0 Å². The molecule has 2 heterocycles. The Hall–Kier alpha value is -1.52. The molecule has 1 atom stereocenters. The predicted octanol–water partition coefficient (Wildman–Crippen LogP) is 4.22. The summed E-state index contributed by atoms with van der Waals surface area (Å²) in [4.78, 5) is 5.53. The standard InChI is InChI=1S/C16H18N2OS/c1-13-9-10-18(12-13)20-15-7-8-16(17-11-15)19-14-5-3-2-4-6-14/h2-8,11,13H,9-10,12H2,1H3/t13-/m0/s1. The van der Waals surface area contributed by atoms with E-state index in [2.05, 4.69) is 22.3 Å². The first-order chi connectivity index (χ1) is 9.79. The Morgan fingerprint density at radius 1 is 1.20 bits per heavy atom. The van der Waals surface area contributed by atoms with Crippen molar-refractivity contribution < 1.29 is 4.74 Å². The monoisotopic (exact) mass is 286 g/mol. The number of rotatable bonds is 4. The lowest BCUT2D eigenvalue weighted by Gasteiger charge is -2.13. The minimum Gasteiger partial charge on any atom is -0.439 e. The highest BCUT2D eigenvalue weighted by Crippen LogP contribution is 2.29. The normalized spacial score (nSPS) is 19.1. The molecule has 0 radical (unpaired) electrons. The van der Waals surface area contributed by atoms with Crippen LogP contribution in [0.1, 0.15) is 13.3 Å². The molecule has 3 nitrogen and oxygen atoms in total. The first-order valence-electron chi connectivity index (χ1n) is 6.91. The van der Waals surface area contributed by atoms with Crippen LogP contribution in [-0.2, 0) is 0 Å². The van der Waals surface area contributed by atoms with Crippen LogP contribution in [0.2, 0.25) is 0 Å². The number of hydrogen-bond donors (Lipinski definition) is 0. The zero-order valence-corrected chi connectivity index (χ0v) is 12.3.